The zero-order chi connectivity index (χ0) is 10.9. The highest BCUT2D eigenvalue weighted by molar-refractivity contribution is 5.08. The summed E-state index contributed by atoms with van der Waals surface area (Å²) in [5.41, 5.74) is -1.53. The van der Waals surface area contributed by atoms with Crippen LogP contribution in [-0.4, -0.2) is 18.3 Å². The highest BCUT2D eigenvalue weighted by atomic mass is 19.4. The van der Waals surface area contributed by atoms with Crippen molar-refractivity contribution in [2.75, 3.05) is 6.54 Å². The van der Waals surface area contributed by atoms with Crippen molar-refractivity contribution in [2.24, 2.45) is 5.92 Å². The SMILES string of the molecule is FC(F)(F)C1(NCC2CC=CCC2)CC1. The van der Waals surface area contributed by atoms with Crippen molar-refractivity contribution in [2.45, 2.75) is 43.8 Å². The number of allylic oxidation sites excluding steroid dienone is 2. The van der Waals surface area contributed by atoms with Gasteiger partial charge in [-0.05, 0) is 44.6 Å². The predicted octanol–water partition coefficient (Wildman–Crippen LogP) is 3.03. The maximum atomic E-state index is 12.6. The molecule has 0 radical (unpaired) electrons. The summed E-state index contributed by atoms with van der Waals surface area (Å²) in [5.74, 6) is 0.384. The summed E-state index contributed by atoms with van der Waals surface area (Å²) >= 11 is 0. The van der Waals surface area contributed by atoms with Crippen molar-refractivity contribution in [1.29, 1.82) is 0 Å². The van der Waals surface area contributed by atoms with Crippen LogP contribution in [0.15, 0.2) is 12.2 Å². The largest absolute Gasteiger partial charge is 0.406 e. The van der Waals surface area contributed by atoms with E-state index in [1.54, 1.807) is 0 Å². The van der Waals surface area contributed by atoms with Crippen LogP contribution in [0.1, 0.15) is 32.1 Å². The Balaban J connectivity index is 1.80. The fraction of sp³-hybridized carbons (Fsp3) is 0.818. The molecule has 1 atom stereocenters. The van der Waals surface area contributed by atoms with Crippen LogP contribution in [0, 0.1) is 5.92 Å². The van der Waals surface area contributed by atoms with E-state index in [1.807, 2.05) is 0 Å². The smallest absolute Gasteiger partial charge is 0.303 e. The highest BCUT2D eigenvalue weighted by Gasteiger charge is 2.62. The van der Waals surface area contributed by atoms with Gasteiger partial charge in [-0.3, -0.25) is 0 Å². The van der Waals surface area contributed by atoms with Crippen molar-refractivity contribution < 1.29 is 13.2 Å². The Labute approximate surface area is 87.7 Å². The third-order valence-corrected chi connectivity index (χ3v) is 3.40. The summed E-state index contributed by atoms with van der Waals surface area (Å²) in [6.07, 6.45) is 3.54. The average molecular weight is 219 g/mol. The van der Waals surface area contributed by atoms with Crippen LogP contribution in [0.2, 0.25) is 0 Å². The summed E-state index contributed by atoms with van der Waals surface area (Å²) < 4.78 is 37.7. The first kappa shape index (κ1) is 11.0. The van der Waals surface area contributed by atoms with E-state index in [1.165, 1.54) is 0 Å². The summed E-state index contributed by atoms with van der Waals surface area (Å²) in [4.78, 5) is 0. The Morgan fingerprint density at radius 1 is 1.27 bits per heavy atom. The van der Waals surface area contributed by atoms with Gasteiger partial charge in [0, 0.05) is 0 Å². The maximum absolute atomic E-state index is 12.6. The molecule has 0 spiro atoms. The molecular formula is C11H16F3N. The molecule has 1 unspecified atom stereocenters. The summed E-state index contributed by atoms with van der Waals surface area (Å²) in [5, 5.41) is 2.72. The van der Waals surface area contributed by atoms with Gasteiger partial charge in [0.05, 0.1) is 0 Å². The Bertz CT molecular complexity index is 253. The van der Waals surface area contributed by atoms with Crippen molar-refractivity contribution >= 4 is 0 Å². The zero-order valence-corrected chi connectivity index (χ0v) is 8.61. The number of nitrogens with one attached hydrogen (secondary N) is 1. The molecule has 1 fully saturated rings. The molecule has 2 aliphatic rings. The van der Waals surface area contributed by atoms with Gasteiger partial charge in [-0.25, -0.2) is 0 Å². The normalized spacial score (nSPS) is 29.1. The number of rotatable bonds is 3. The van der Waals surface area contributed by atoms with Gasteiger partial charge in [-0.1, -0.05) is 12.2 Å². The number of hydrogen-bond acceptors (Lipinski definition) is 1. The molecule has 0 aliphatic heterocycles. The molecule has 0 saturated heterocycles. The molecule has 0 heterocycles. The van der Waals surface area contributed by atoms with Crippen LogP contribution in [-0.2, 0) is 0 Å². The summed E-state index contributed by atoms with van der Waals surface area (Å²) in [7, 11) is 0. The van der Waals surface area contributed by atoms with E-state index in [2.05, 4.69) is 17.5 Å². The Kier molecular flexibility index (Phi) is 2.79. The van der Waals surface area contributed by atoms with Gasteiger partial charge in [-0.2, -0.15) is 13.2 Å². The van der Waals surface area contributed by atoms with Crippen LogP contribution in [0.5, 0.6) is 0 Å². The van der Waals surface area contributed by atoms with Crippen molar-refractivity contribution in [3.05, 3.63) is 12.2 Å². The molecule has 0 aromatic heterocycles. The van der Waals surface area contributed by atoms with Crippen molar-refractivity contribution in [3.63, 3.8) is 0 Å². The minimum Gasteiger partial charge on any atom is -0.303 e. The summed E-state index contributed by atoms with van der Waals surface area (Å²) in [6, 6.07) is 0. The van der Waals surface area contributed by atoms with Crippen LogP contribution < -0.4 is 5.32 Å². The third-order valence-electron chi connectivity index (χ3n) is 3.40. The third kappa shape index (κ3) is 2.36. The van der Waals surface area contributed by atoms with Gasteiger partial charge in [0.25, 0.3) is 0 Å². The van der Waals surface area contributed by atoms with Gasteiger partial charge in [0.1, 0.15) is 5.54 Å². The molecule has 15 heavy (non-hydrogen) atoms. The lowest BCUT2D eigenvalue weighted by Crippen LogP contribution is -2.46. The van der Waals surface area contributed by atoms with Crippen molar-refractivity contribution in [1.82, 2.24) is 5.32 Å². The van der Waals surface area contributed by atoms with E-state index < -0.39 is 11.7 Å². The first-order valence-electron chi connectivity index (χ1n) is 5.50. The van der Waals surface area contributed by atoms with E-state index in [4.69, 9.17) is 0 Å². The molecule has 1 nitrogen and oxygen atoms in total. The second-order valence-corrected chi connectivity index (χ2v) is 4.61. The van der Waals surface area contributed by atoms with Gasteiger partial charge < -0.3 is 5.32 Å². The topological polar surface area (TPSA) is 12.0 Å². The van der Waals surface area contributed by atoms with E-state index in [9.17, 15) is 13.2 Å². The quantitative estimate of drug-likeness (QED) is 0.719. The van der Waals surface area contributed by atoms with Crippen LogP contribution in [0.4, 0.5) is 13.2 Å². The Hall–Kier alpha value is -0.510. The van der Waals surface area contributed by atoms with Crippen LogP contribution in [0.3, 0.4) is 0 Å². The fourth-order valence-electron chi connectivity index (χ4n) is 2.07. The number of alkyl halides is 3. The van der Waals surface area contributed by atoms with Gasteiger partial charge in [0.2, 0.25) is 0 Å². The van der Waals surface area contributed by atoms with E-state index >= 15 is 0 Å². The monoisotopic (exact) mass is 219 g/mol. The van der Waals surface area contributed by atoms with E-state index in [0.29, 0.717) is 12.5 Å². The number of halogens is 3. The Morgan fingerprint density at radius 3 is 2.47 bits per heavy atom. The molecular weight excluding hydrogens is 203 g/mol. The predicted molar refractivity (Wildman–Crippen MR) is 52.5 cm³/mol. The van der Waals surface area contributed by atoms with Crippen molar-refractivity contribution in [3.8, 4) is 0 Å². The lowest BCUT2D eigenvalue weighted by molar-refractivity contribution is -0.166. The standard InChI is InChI=1S/C11H16F3N/c12-11(13,14)10(6-7-10)15-8-9-4-2-1-3-5-9/h1-2,9,15H,3-8H2. The lowest BCUT2D eigenvalue weighted by Gasteiger charge is -2.25. The molecule has 2 rings (SSSR count). The molecule has 0 aromatic carbocycles. The molecule has 86 valence electrons. The minimum absolute atomic E-state index is 0.249. The first-order chi connectivity index (χ1) is 7.04. The molecule has 1 N–H and O–H groups in total. The highest BCUT2D eigenvalue weighted by Crippen LogP contribution is 2.49. The molecule has 1 saturated carbocycles. The molecule has 0 bridgehead atoms. The first-order valence-corrected chi connectivity index (χ1v) is 5.50. The second-order valence-electron chi connectivity index (χ2n) is 4.61. The molecule has 4 heteroatoms. The molecule has 0 amide bonds. The van der Waals surface area contributed by atoms with Crippen LogP contribution >= 0.6 is 0 Å². The molecule has 0 aromatic rings. The maximum Gasteiger partial charge on any atom is 0.406 e. The number of hydrogen-bond donors (Lipinski definition) is 1. The Morgan fingerprint density at radius 2 is 2.00 bits per heavy atom. The average Bonchev–Trinajstić information content (AvgIpc) is 2.96. The van der Waals surface area contributed by atoms with Crippen LogP contribution in [0.25, 0.3) is 0 Å². The minimum atomic E-state index is -4.07. The van der Waals surface area contributed by atoms with E-state index in [0.717, 1.165) is 19.3 Å². The second kappa shape index (κ2) is 3.81. The summed E-state index contributed by atoms with van der Waals surface area (Å²) in [6.45, 7) is 0.504. The zero-order valence-electron chi connectivity index (χ0n) is 8.61. The van der Waals surface area contributed by atoms with Gasteiger partial charge >= 0.3 is 6.18 Å². The molecule has 2 aliphatic carbocycles. The van der Waals surface area contributed by atoms with Gasteiger partial charge in [0.15, 0.2) is 0 Å². The van der Waals surface area contributed by atoms with E-state index in [-0.39, 0.29) is 12.8 Å². The van der Waals surface area contributed by atoms with Gasteiger partial charge in [-0.15, -0.1) is 0 Å². The lowest BCUT2D eigenvalue weighted by atomic mass is 9.94. The fourth-order valence-corrected chi connectivity index (χ4v) is 2.07.